The van der Waals surface area contributed by atoms with Crippen LogP contribution in [0.15, 0.2) is 41.0 Å². The van der Waals surface area contributed by atoms with Gasteiger partial charge in [-0.1, -0.05) is 11.6 Å². The molecule has 0 N–H and O–H groups in total. The molecule has 128 valence electrons. The SMILES string of the molecule is O=C(c1ccc(F)cc1Cl)N1CCC(S(=O)(=O)Cc2ccco2)C1. The van der Waals surface area contributed by atoms with Crippen molar-refractivity contribution >= 4 is 27.3 Å². The van der Waals surface area contributed by atoms with Crippen LogP contribution in [0.1, 0.15) is 22.5 Å². The Balaban J connectivity index is 1.71. The quantitative estimate of drug-likeness (QED) is 0.828. The molecular formula is C16H15ClFNO4S. The van der Waals surface area contributed by atoms with Gasteiger partial charge in [0, 0.05) is 13.1 Å². The van der Waals surface area contributed by atoms with E-state index >= 15 is 0 Å². The van der Waals surface area contributed by atoms with E-state index in [4.69, 9.17) is 16.0 Å². The summed E-state index contributed by atoms with van der Waals surface area (Å²) in [5.74, 6) is -0.738. The van der Waals surface area contributed by atoms with Gasteiger partial charge in [0.1, 0.15) is 17.3 Å². The Bertz CT molecular complexity index is 851. The molecule has 1 amide bonds. The van der Waals surface area contributed by atoms with Gasteiger partial charge in [-0.25, -0.2) is 12.8 Å². The molecule has 1 atom stereocenters. The lowest BCUT2D eigenvalue weighted by atomic mass is 10.2. The van der Waals surface area contributed by atoms with E-state index in [0.29, 0.717) is 18.7 Å². The van der Waals surface area contributed by atoms with Crippen LogP contribution in [0.3, 0.4) is 0 Å². The van der Waals surface area contributed by atoms with Crippen molar-refractivity contribution in [1.29, 1.82) is 0 Å². The van der Waals surface area contributed by atoms with E-state index in [9.17, 15) is 17.6 Å². The summed E-state index contributed by atoms with van der Waals surface area (Å²) < 4.78 is 43.1. The highest BCUT2D eigenvalue weighted by atomic mass is 35.5. The molecule has 3 rings (SSSR count). The minimum atomic E-state index is -3.43. The highest BCUT2D eigenvalue weighted by Gasteiger charge is 2.36. The van der Waals surface area contributed by atoms with Crippen LogP contribution in [0.2, 0.25) is 5.02 Å². The zero-order valence-corrected chi connectivity index (χ0v) is 14.2. The molecule has 2 heterocycles. The Kier molecular flexibility index (Phi) is 4.64. The summed E-state index contributed by atoms with van der Waals surface area (Å²) in [6.45, 7) is 0.407. The maximum atomic E-state index is 13.1. The summed E-state index contributed by atoms with van der Waals surface area (Å²) in [7, 11) is -3.43. The summed E-state index contributed by atoms with van der Waals surface area (Å²) >= 11 is 5.91. The summed E-state index contributed by atoms with van der Waals surface area (Å²) in [6.07, 6.45) is 1.78. The number of hydrogen-bond acceptors (Lipinski definition) is 4. The summed E-state index contributed by atoms with van der Waals surface area (Å²) in [5.41, 5.74) is 0.169. The van der Waals surface area contributed by atoms with Crippen molar-refractivity contribution in [3.8, 4) is 0 Å². The normalized spacial score (nSPS) is 18.1. The monoisotopic (exact) mass is 371 g/mol. The first-order valence-corrected chi connectivity index (χ1v) is 9.44. The molecule has 0 bridgehead atoms. The molecule has 0 spiro atoms. The highest BCUT2D eigenvalue weighted by Crippen LogP contribution is 2.25. The van der Waals surface area contributed by atoms with Gasteiger partial charge < -0.3 is 9.32 Å². The van der Waals surface area contributed by atoms with E-state index in [0.717, 1.165) is 12.1 Å². The smallest absolute Gasteiger partial charge is 0.255 e. The van der Waals surface area contributed by atoms with Crippen molar-refractivity contribution in [3.63, 3.8) is 0 Å². The van der Waals surface area contributed by atoms with Crippen LogP contribution in [0, 0.1) is 5.82 Å². The second-order valence-corrected chi connectivity index (χ2v) is 8.36. The maximum absolute atomic E-state index is 13.1. The van der Waals surface area contributed by atoms with Crippen molar-refractivity contribution in [3.05, 3.63) is 58.8 Å². The average Bonchev–Trinajstić information content (AvgIpc) is 3.17. The first kappa shape index (κ1) is 17.0. The van der Waals surface area contributed by atoms with Crippen LogP contribution in [0.5, 0.6) is 0 Å². The topological polar surface area (TPSA) is 67.6 Å². The minimum Gasteiger partial charge on any atom is -0.468 e. The van der Waals surface area contributed by atoms with Gasteiger partial charge in [0.15, 0.2) is 9.84 Å². The number of furan rings is 1. The van der Waals surface area contributed by atoms with Gasteiger partial charge in [-0.2, -0.15) is 0 Å². The number of nitrogens with zero attached hydrogens (tertiary/aromatic N) is 1. The summed E-state index contributed by atoms with van der Waals surface area (Å²) in [6, 6.07) is 6.76. The highest BCUT2D eigenvalue weighted by molar-refractivity contribution is 7.91. The van der Waals surface area contributed by atoms with Gasteiger partial charge >= 0.3 is 0 Å². The fraction of sp³-hybridized carbons (Fsp3) is 0.312. The molecule has 1 aromatic heterocycles. The Morgan fingerprint density at radius 1 is 1.38 bits per heavy atom. The third kappa shape index (κ3) is 3.47. The van der Waals surface area contributed by atoms with Crippen molar-refractivity contribution in [2.24, 2.45) is 0 Å². The molecule has 0 aliphatic carbocycles. The predicted molar refractivity (Wildman–Crippen MR) is 87.1 cm³/mol. The summed E-state index contributed by atoms with van der Waals surface area (Å²) in [5, 5.41) is -0.632. The Morgan fingerprint density at radius 3 is 2.83 bits per heavy atom. The first-order chi connectivity index (χ1) is 11.4. The number of benzene rings is 1. The van der Waals surface area contributed by atoms with Crippen LogP contribution in [-0.2, 0) is 15.6 Å². The fourth-order valence-electron chi connectivity index (χ4n) is 2.75. The molecule has 8 heteroatoms. The van der Waals surface area contributed by atoms with Crippen LogP contribution < -0.4 is 0 Å². The standard InChI is InChI=1S/C16H15ClFNO4S/c17-15-8-11(18)3-4-14(15)16(20)19-6-5-13(9-19)24(21,22)10-12-2-1-7-23-12/h1-4,7-8,13H,5-6,9-10H2. The Morgan fingerprint density at radius 2 is 2.17 bits per heavy atom. The zero-order chi connectivity index (χ0) is 17.3. The molecule has 1 unspecified atom stereocenters. The van der Waals surface area contributed by atoms with E-state index < -0.39 is 26.8 Å². The van der Waals surface area contributed by atoms with Gasteiger partial charge in [0.2, 0.25) is 0 Å². The average molecular weight is 372 g/mol. The molecular weight excluding hydrogens is 357 g/mol. The van der Waals surface area contributed by atoms with Gasteiger partial charge in [0.25, 0.3) is 5.91 Å². The van der Waals surface area contributed by atoms with E-state index in [1.54, 1.807) is 12.1 Å². The molecule has 1 aromatic carbocycles. The van der Waals surface area contributed by atoms with Crippen molar-refractivity contribution in [2.75, 3.05) is 13.1 Å². The molecule has 1 aliphatic rings. The van der Waals surface area contributed by atoms with Gasteiger partial charge in [-0.05, 0) is 36.8 Å². The minimum absolute atomic E-state index is 0.0156. The molecule has 1 fully saturated rings. The molecule has 0 saturated carbocycles. The van der Waals surface area contributed by atoms with E-state index in [1.807, 2.05) is 0 Å². The predicted octanol–water partition coefficient (Wildman–Crippen LogP) is 2.90. The van der Waals surface area contributed by atoms with E-state index in [-0.39, 0.29) is 22.9 Å². The lowest BCUT2D eigenvalue weighted by Crippen LogP contribution is -2.32. The molecule has 1 aliphatic heterocycles. The lowest BCUT2D eigenvalue weighted by molar-refractivity contribution is 0.0793. The van der Waals surface area contributed by atoms with Crippen molar-refractivity contribution < 1.29 is 22.0 Å². The Labute approximate surface area is 143 Å². The number of hydrogen-bond donors (Lipinski definition) is 0. The van der Waals surface area contributed by atoms with Crippen LogP contribution in [0.25, 0.3) is 0 Å². The summed E-state index contributed by atoms with van der Waals surface area (Å²) in [4.78, 5) is 13.9. The van der Waals surface area contributed by atoms with E-state index in [1.165, 1.54) is 17.2 Å². The third-order valence-corrected chi connectivity index (χ3v) is 6.43. The number of amides is 1. The van der Waals surface area contributed by atoms with Crippen molar-refractivity contribution in [2.45, 2.75) is 17.4 Å². The maximum Gasteiger partial charge on any atom is 0.255 e. The number of carbonyl (C=O) groups is 1. The molecule has 2 aromatic rings. The number of carbonyl (C=O) groups excluding carboxylic acids is 1. The van der Waals surface area contributed by atoms with Gasteiger partial charge in [-0.15, -0.1) is 0 Å². The number of likely N-dealkylation sites (tertiary alicyclic amines) is 1. The number of sulfone groups is 1. The number of rotatable bonds is 4. The third-order valence-electron chi connectivity index (χ3n) is 4.03. The zero-order valence-electron chi connectivity index (χ0n) is 12.6. The molecule has 0 radical (unpaired) electrons. The van der Waals surface area contributed by atoms with Gasteiger partial charge in [-0.3, -0.25) is 4.79 Å². The number of halogens is 2. The molecule has 5 nitrogen and oxygen atoms in total. The second kappa shape index (κ2) is 6.57. The Hall–Kier alpha value is -1.86. The fourth-order valence-corrected chi connectivity index (χ4v) is 4.67. The van der Waals surface area contributed by atoms with Gasteiger partial charge in [0.05, 0.1) is 22.1 Å². The van der Waals surface area contributed by atoms with Crippen LogP contribution in [-0.4, -0.2) is 37.6 Å². The first-order valence-electron chi connectivity index (χ1n) is 7.35. The van der Waals surface area contributed by atoms with Crippen LogP contribution >= 0.6 is 11.6 Å². The second-order valence-electron chi connectivity index (χ2n) is 5.67. The van der Waals surface area contributed by atoms with E-state index in [2.05, 4.69) is 0 Å². The van der Waals surface area contributed by atoms with Crippen molar-refractivity contribution in [1.82, 2.24) is 4.90 Å². The van der Waals surface area contributed by atoms with Crippen LogP contribution in [0.4, 0.5) is 4.39 Å². The largest absolute Gasteiger partial charge is 0.468 e. The lowest BCUT2D eigenvalue weighted by Gasteiger charge is -2.17. The molecule has 24 heavy (non-hydrogen) atoms. The molecule has 1 saturated heterocycles.